The van der Waals surface area contributed by atoms with Gasteiger partial charge in [-0.1, -0.05) is 23.7 Å². The molecule has 6 nitrogen and oxygen atoms in total. The third kappa shape index (κ3) is 3.66. The van der Waals surface area contributed by atoms with Crippen molar-refractivity contribution in [1.29, 1.82) is 0 Å². The zero-order valence-electron chi connectivity index (χ0n) is 14.6. The number of nitrogens with zero attached hydrogens (tertiary/aromatic N) is 3. The van der Waals surface area contributed by atoms with Gasteiger partial charge in [0.2, 0.25) is 0 Å². The van der Waals surface area contributed by atoms with E-state index < -0.39 is 0 Å². The summed E-state index contributed by atoms with van der Waals surface area (Å²) in [5, 5.41) is 4.13. The van der Waals surface area contributed by atoms with Gasteiger partial charge >= 0.3 is 6.03 Å². The van der Waals surface area contributed by atoms with E-state index in [0.717, 1.165) is 0 Å². The number of likely N-dealkylation sites (tertiary alicyclic amines) is 1. The fourth-order valence-corrected chi connectivity index (χ4v) is 3.55. The highest BCUT2D eigenvalue weighted by molar-refractivity contribution is 6.30. The molecule has 4 rings (SSSR count). The molecule has 1 aliphatic rings. The highest BCUT2D eigenvalue weighted by atomic mass is 35.5. The highest BCUT2D eigenvalue weighted by Crippen LogP contribution is 2.22. The second-order valence-corrected chi connectivity index (χ2v) is 7.07. The monoisotopic (exact) mass is 382 g/mol. The molecule has 0 bridgehead atoms. The lowest BCUT2D eigenvalue weighted by Crippen LogP contribution is -2.42. The molecule has 0 saturated carbocycles. The van der Waals surface area contributed by atoms with Crippen LogP contribution in [0.4, 0.5) is 10.5 Å². The number of rotatable bonds is 2. The zero-order chi connectivity index (χ0) is 18.8. The van der Waals surface area contributed by atoms with Crippen LogP contribution in [0.3, 0.4) is 0 Å². The van der Waals surface area contributed by atoms with Gasteiger partial charge in [-0.3, -0.25) is 9.36 Å². The van der Waals surface area contributed by atoms with E-state index >= 15 is 0 Å². The molecule has 1 aliphatic heterocycles. The van der Waals surface area contributed by atoms with E-state index in [1.54, 1.807) is 46.1 Å². The van der Waals surface area contributed by atoms with E-state index in [1.807, 2.05) is 18.2 Å². The molecule has 0 atom stereocenters. The van der Waals surface area contributed by atoms with E-state index in [1.165, 1.54) is 0 Å². The fraction of sp³-hybridized carbons (Fsp3) is 0.250. The average Bonchev–Trinajstić information content (AvgIpc) is 2.70. The summed E-state index contributed by atoms with van der Waals surface area (Å²) < 4.78 is 1.71. The van der Waals surface area contributed by atoms with Crippen molar-refractivity contribution in [2.75, 3.05) is 18.4 Å². The standard InChI is InChI=1S/C20H19ClN4O2/c21-14-5-7-15(8-6-14)23-20(27)24-11-9-16(10-12-24)25-13-22-18-4-2-1-3-17(18)19(25)26/h1-8,13,16H,9-12H2,(H,23,27). The second kappa shape index (κ2) is 7.40. The summed E-state index contributed by atoms with van der Waals surface area (Å²) in [6, 6.07) is 14.3. The van der Waals surface area contributed by atoms with E-state index in [4.69, 9.17) is 11.6 Å². The third-order valence-electron chi connectivity index (χ3n) is 4.93. The Kier molecular flexibility index (Phi) is 4.81. The smallest absolute Gasteiger partial charge is 0.321 e. The van der Waals surface area contributed by atoms with Gasteiger partial charge in [-0.2, -0.15) is 0 Å². The van der Waals surface area contributed by atoms with E-state index in [2.05, 4.69) is 10.3 Å². The number of amides is 2. The van der Waals surface area contributed by atoms with Gasteiger partial charge in [-0.15, -0.1) is 0 Å². The minimum absolute atomic E-state index is 0.0235. The first kappa shape index (κ1) is 17.5. The first-order valence-electron chi connectivity index (χ1n) is 8.89. The summed E-state index contributed by atoms with van der Waals surface area (Å²) in [6.45, 7) is 1.17. The van der Waals surface area contributed by atoms with Crippen molar-refractivity contribution in [3.8, 4) is 0 Å². The number of para-hydroxylation sites is 1. The minimum atomic E-state index is -0.139. The Bertz CT molecular complexity index is 1020. The van der Waals surface area contributed by atoms with Gasteiger partial charge in [0.25, 0.3) is 5.56 Å². The van der Waals surface area contributed by atoms with Crippen LogP contribution in [-0.4, -0.2) is 33.6 Å². The van der Waals surface area contributed by atoms with Gasteiger partial charge in [0.15, 0.2) is 0 Å². The van der Waals surface area contributed by atoms with Crippen LogP contribution in [0.5, 0.6) is 0 Å². The molecule has 138 valence electrons. The van der Waals surface area contributed by atoms with Crippen LogP contribution in [-0.2, 0) is 0 Å². The Morgan fingerprint density at radius 2 is 1.78 bits per heavy atom. The van der Waals surface area contributed by atoms with Gasteiger partial charge in [0.1, 0.15) is 0 Å². The Balaban J connectivity index is 1.43. The number of aromatic nitrogens is 2. The molecule has 3 aromatic rings. The number of urea groups is 1. The number of nitrogens with one attached hydrogen (secondary N) is 1. The lowest BCUT2D eigenvalue weighted by molar-refractivity contribution is 0.182. The van der Waals surface area contributed by atoms with Crippen molar-refractivity contribution in [2.45, 2.75) is 18.9 Å². The van der Waals surface area contributed by atoms with Crippen LogP contribution in [0, 0.1) is 0 Å². The Morgan fingerprint density at radius 3 is 2.52 bits per heavy atom. The molecule has 7 heteroatoms. The molecule has 2 aromatic carbocycles. The number of piperidine rings is 1. The number of hydrogen-bond acceptors (Lipinski definition) is 3. The van der Waals surface area contributed by atoms with Crippen molar-refractivity contribution in [1.82, 2.24) is 14.5 Å². The number of anilines is 1. The third-order valence-corrected chi connectivity index (χ3v) is 5.18. The molecule has 1 fully saturated rings. The van der Waals surface area contributed by atoms with Crippen molar-refractivity contribution >= 4 is 34.2 Å². The number of carbonyl (C=O) groups is 1. The zero-order valence-corrected chi connectivity index (χ0v) is 15.4. The molecule has 27 heavy (non-hydrogen) atoms. The predicted molar refractivity (Wildman–Crippen MR) is 106 cm³/mol. The van der Waals surface area contributed by atoms with Gasteiger partial charge in [0, 0.05) is 29.8 Å². The van der Waals surface area contributed by atoms with Crippen molar-refractivity contribution in [3.05, 3.63) is 70.2 Å². The van der Waals surface area contributed by atoms with Crippen LogP contribution in [0.15, 0.2) is 59.7 Å². The van der Waals surface area contributed by atoms with Crippen LogP contribution in [0.25, 0.3) is 10.9 Å². The number of benzene rings is 2. The normalized spacial score (nSPS) is 15.1. The Hall–Kier alpha value is -2.86. The molecule has 0 spiro atoms. The summed E-state index contributed by atoms with van der Waals surface area (Å²) in [6.07, 6.45) is 3.06. The average molecular weight is 383 g/mol. The van der Waals surface area contributed by atoms with Gasteiger partial charge in [0.05, 0.1) is 17.2 Å². The van der Waals surface area contributed by atoms with Crippen molar-refractivity contribution in [3.63, 3.8) is 0 Å². The summed E-state index contributed by atoms with van der Waals surface area (Å²) in [5.74, 6) is 0. The summed E-state index contributed by atoms with van der Waals surface area (Å²) >= 11 is 5.86. The van der Waals surface area contributed by atoms with Crippen LogP contribution in [0.1, 0.15) is 18.9 Å². The second-order valence-electron chi connectivity index (χ2n) is 6.63. The topological polar surface area (TPSA) is 67.2 Å². The van der Waals surface area contributed by atoms with E-state index in [-0.39, 0.29) is 17.6 Å². The van der Waals surface area contributed by atoms with Gasteiger partial charge in [-0.25, -0.2) is 9.78 Å². The van der Waals surface area contributed by atoms with Crippen LogP contribution in [0.2, 0.25) is 5.02 Å². The van der Waals surface area contributed by atoms with Crippen molar-refractivity contribution in [2.24, 2.45) is 0 Å². The van der Waals surface area contributed by atoms with Crippen molar-refractivity contribution < 1.29 is 4.79 Å². The molecule has 0 aliphatic carbocycles. The number of hydrogen-bond donors (Lipinski definition) is 1. The fourth-order valence-electron chi connectivity index (χ4n) is 3.43. The molecule has 0 radical (unpaired) electrons. The maximum Gasteiger partial charge on any atom is 0.321 e. The summed E-state index contributed by atoms with van der Waals surface area (Å²) in [5.41, 5.74) is 1.39. The van der Waals surface area contributed by atoms with Gasteiger partial charge < -0.3 is 10.2 Å². The van der Waals surface area contributed by atoms with Gasteiger partial charge in [-0.05, 0) is 49.2 Å². The first-order chi connectivity index (χ1) is 13.1. The maximum atomic E-state index is 12.7. The largest absolute Gasteiger partial charge is 0.324 e. The summed E-state index contributed by atoms with van der Waals surface area (Å²) in [4.78, 5) is 31.3. The molecule has 1 N–H and O–H groups in total. The first-order valence-corrected chi connectivity index (χ1v) is 9.27. The number of halogens is 1. The molecule has 1 saturated heterocycles. The Morgan fingerprint density at radius 1 is 1.07 bits per heavy atom. The SMILES string of the molecule is O=C(Nc1ccc(Cl)cc1)N1CCC(n2cnc3ccccc3c2=O)CC1. The summed E-state index contributed by atoms with van der Waals surface area (Å²) in [7, 11) is 0. The van der Waals surface area contributed by atoms with Crippen LogP contribution >= 0.6 is 11.6 Å². The maximum absolute atomic E-state index is 12.7. The molecule has 2 heterocycles. The highest BCUT2D eigenvalue weighted by Gasteiger charge is 2.25. The van der Waals surface area contributed by atoms with Crippen LogP contribution < -0.4 is 10.9 Å². The number of fused-ring (bicyclic) bond motifs is 1. The lowest BCUT2D eigenvalue weighted by Gasteiger charge is -2.32. The molecular weight excluding hydrogens is 364 g/mol. The van der Waals surface area contributed by atoms with E-state index in [9.17, 15) is 9.59 Å². The minimum Gasteiger partial charge on any atom is -0.324 e. The molecular formula is C20H19ClN4O2. The van der Waals surface area contributed by atoms with E-state index in [0.29, 0.717) is 47.5 Å². The quantitative estimate of drug-likeness (QED) is 0.730. The Labute approximate surface area is 161 Å². The molecule has 1 aromatic heterocycles. The molecule has 2 amide bonds. The number of carbonyl (C=O) groups excluding carboxylic acids is 1. The molecule has 0 unspecified atom stereocenters. The lowest BCUT2D eigenvalue weighted by atomic mass is 10.0. The predicted octanol–water partition coefficient (Wildman–Crippen LogP) is 3.92.